The fraction of sp³-hybridized carbons (Fsp3) is 0.846. The molecule has 0 fully saturated rings. The Bertz CT molecular complexity index is 255. The van der Waals surface area contributed by atoms with E-state index in [1.807, 2.05) is 6.92 Å². The standard InChI is InChI=1S/C13H26N2O3/c1-4-14-6-5-12(16)15-9-11(7-10(2)3)8-13(17)18/h10-11,14H,4-9H2,1-3H3,(H,15,16)(H,17,18)/t11-/m0/s1. The van der Waals surface area contributed by atoms with E-state index in [0.717, 1.165) is 13.0 Å². The smallest absolute Gasteiger partial charge is 0.303 e. The molecule has 1 amide bonds. The minimum absolute atomic E-state index is 0.0184. The Morgan fingerprint density at radius 2 is 1.94 bits per heavy atom. The Kier molecular flexibility index (Phi) is 9.28. The molecule has 5 heteroatoms. The van der Waals surface area contributed by atoms with Crippen LogP contribution in [0.5, 0.6) is 0 Å². The number of carbonyl (C=O) groups excluding carboxylic acids is 1. The van der Waals surface area contributed by atoms with E-state index in [1.165, 1.54) is 0 Å². The highest BCUT2D eigenvalue weighted by molar-refractivity contribution is 5.76. The molecule has 0 spiro atoms. The number of hydrogen-bond donors (Lipinski definition) is 3. The lowest BCUT2D eigenvalue weighted by atomic mass is 9.94. The predicted molar refractivity (Wildman–Crippen MR) is 71.4 cm³/mol. The lowest BCUT2D eigenvalue weighted by Crippen LogP contribution is -2.32. The van der Waals surface area contributed by atoms with Crippen molar-refractivity contribution in [3.05, 3.63) is 0 Å². The van der Waals surface area contributed by atoms with Crippen LogP contribution in [0.1, 0.15) is 40.0 Å². The van der Waals surface area contributed by atoms with E-state index in [9.17, 15) is 9.59 Å². The van der Waals surface area contributed by atoms with E-state index in [1.54, 1.807) is 0 Å². The van der Waals surface area contributed by atoms with Gasteiger partial charge in [-0.1, -0.05) is 20.8 Å². The van der Waals surface area contributed by atoms with Crippen LogP contribution in [0.4, 0.5) is 0 Å². The van der Waals surface area contributed by atoms with Crippen LogP contribution in [0, 0.1) is 11.8 Å². The molecule has 18 heavy (non-hydrogen) atoms. The van der Waals surface area contributed by atoms with Crippen LogP contribution < -0.4 is 10.6 Å². The third-order valence-electron chi connectivity index (χ3n) is 2.63. The number of amides is 1. The number of carboxylic acids is 1. The van der Waals surface area contributed by atoms with Gasteiger partial charge >= 0.3 is 5.97 Å². The molecule has 106 valence electrons. The summed E-state index contributed by atoms with van der Waals surface area (Å²) >= 11 is 0. The fourth-order valence-electron chi connectivity index (χ4n) is 1.88. The molecule has 0 saturated carbocycles. The summed E-state index contributed by atoms with van der Waals surface area (Å²) in [6.07, 6.45) is 1.38. The van der Waals surface area contributed by atoms with Gasteiger partial charge in [-0.25, -0.2) is 0 Å². The Morgan fingerprint density at radius 3 is 2.44 bits per heavy atom. The van der Waals surface area contributed by atoms with Gasteiger partial charge in [0.25, 0.3) is 0 Å². The molecule has 3 N–H and O–H groups in total. The molecule has 0 bridgehead atoms. The molecule has 0 rings (SSSR count). The van der Waals surface area contributed by atoms with Gasteiger partial charge < -0.3 is 15.7 Å². The van der Waals surface area contributed by atoms with Gasteiger partial charge in [-0.2, -0.15) is 0 Å². The summed E-state index contributed by atoms with van der Waals surface area (Å²) in [4.78, 5) is 22.2. The minimum atomic E-state index is -0.803. The second-order valence-corrected chi connectivity index (χ2v) is 5.00. The van der Waals surface area contributed by atoms with Crippen molar-refractivity contribution in [2.75, 3.05) is 19.6 Å². The SMILES string of the molecule is CCNCCC(=O)NC[C@H](CC(=O)O)CC(C)C. The molecule has 0 aromatic rings. The average molecular weight is 258 g/mol. The summed E-state index contributed by atoms with van der Waals surface area (Å²) in [7, 11) is 0. The van der Waals surface area contributed by atoms with Crippen molar-refractivity contribution >= 4 is 11.9 Å². The summed E-state index contributed by atoms with van der Waals surface area (Å²) in [6.45, 7) is 8.07. The van der Waals surface area contributed by atoms with E-state index in [-0.39, 0.29) is 18.2 Å². The second-order valence-electron chi connectivity index (χ2n) is 5.00. The highest BCUT2D eigenvalue weighted by Crippen LogP contribution is 2.14. The topological polar surface area (TPSA) is 78.4 Å². The third kappa shape index (κ3) is 10.1. The molecule has 0 heterocycles. The zero-order chi connectivity index (χ0) is 14.0. The first kappa shape index (κ1) is 16.9. The highest BCUT2D eigenvalue weighted by atomic mass is 16.4. The number of nitrogens with one attached hydrogen (secondary N) is 2. The molecular formula is C13H26N2O3. The first-order valence-corrected chi connectivity index (χ1v) is 6.64. The van der Waals surface area contributed by atoms with Gasteiger partial charge in [0.1, 0.15) is 0 Å². The zero-order valence-corrected chi connectivity index (χ0v) is 11.7. The average Bonchev–Trinajstić information content (AvgIpc) is 2.25. The molecule has 0 aliphatic heterocycles. The molecule has 0 unspecified atom stereocenters. The largest absolute Gasteiger partial charge is 0.481 e. The van der Waals surface area contributed by atoms with Gasteiger partial charge in [-0.05, 0) is 24.8 Å². The first-order valence-electron chi connectivity index (χ1n) is 6.64. The van der Waals surface area contributed by atoms with Gasteiger partial charge in [0.2, 0.25) is 5.91 Å². The summed E-state index contributed by atoms with van der Waals surface area (Å²) in [5.74, 6) is -0.365. The molecule has 0 radical (unpaired) electrons. The van der Waals surface area contributed by atoms with Crippen molar-refractivity contribution < 1.29 is 14.7 Å². The van der Waals surface area contributed by atoms with E-state index >= 15 is 0 Å². The lowest BCUT2D eigenvalue weighted by Gasteiger charge is -2.17. The molecule has 0 aromatic heterocycles. The van der Waals surface area contributed by atoms with Crippen LogP contribution in [0.3, 0.4) is 0 Å². The zero-order valence-electron chi connectivity index (χ0n) is 11.7. The van der Waals surface area contributed by atoms with Crippen molar-refractivity contribution in [3.63, 3.8) is 0 Å². The van der Waals surface area contributed by atoms with Gasteiger partial charge in [-0.15, -0.1) is 0 Å². The minimum Gasteiger partial charge on any atom is -0.481 e. The molecule has 0 aromatic carbocycles. The molecule has 5 nitrogen and oxygen atoms in total. The van der Waals surface area contributed by atoms with Crippen molar-refractivity contribution in [1.29, 1.82) is 0 Å². The van der Waals surface area contributed by atoms with Crippen LogP contribution in [0.15, 0.2) is 0 Å². The Labute approximate surface area is 109 Å². The maximum absolute atomic E-state index is 11.5. The van der Waals surface area contributed by atoms with Gasteiger partial charge in [0.15, 0.2) is 0 Å². The molecule has 0 aliphatic carbocycles. The van der Waals surface area contributed by atoms with Crippen molar-refractivity contribution in [1.82, 2.24) is 10.6 Å². The maximum atomic E-state index is 11.5. The van der Waals surface area contributed by atoms with Crippen LogP contribution in [-0.2, 0) is 9.59 Å². The third-order valence-corrected chi connectivity index (χ3v) is 2.63. The molecule has 0 aliphatic rings. The quantitative estimate of drug-likeness (QED) is 0.515. The van der Waals surface area contributed by atoms with Crippen LogP contribution in [-0.4, -0.2) is 36.6 Å². The summed E-state index contributed by atoms with van der Waals surface area (Å²) in [5.41, 5.74) is 0. The fourth-order valence-corrected chi connectivity index (χ4v) is 1.88. The van der Waals surface area contributed by atoms with Gasteiger partial charge in [0.05, 0.1) is 0 Å². The van der Waals surface area contributed by atoms with Crippen LogP contribution in [0.25, 0.3) is 0 Å². The summed E-state index contributed by atoms with van der Waals surface area (Å²) in [6, 6.07) is 0. The lowest BCUT2D eigenvalue weighted by molar-refractivity contribution is -0.138. The van der Waals surface area contributed by atoms with Crippen LogP contribution >= 0.6 is 0 Å². The van der Waals surface area contributed by atoms with Crippen molar-refractivity contribution in [3.8, 4) is 0 Å². The van der Waals surface area contributed by atoms with Crippen LogP contribution in [0.2, 0.25) is 0 Å². The Morgan fingerprint density at radius 1 is 1.28 bits per heavy atom. The normalized spacial score (nSPS) is 12.4. The highest BCUT2D eigenvalue weighted by Gasteiger charge is 2.15. The van der Waals surface area contributed by atoms with E-state index < -0.39 is 5.97 Å². The monoisotopic (exact) mass is 258 g/mol. The Balaban J connectivity index is 3.93. The van der Waals surface area contributed by atoms with E-state index in [0.29, 0.717) is 25.4 Å². The number of aliphatic carboxylic acids is 1. The van der Waals surface area contributed by atoms with Gasteiger partial charge in [0, 0.05) is 25.9 Å². The number of rotatable bonds is 10. The molecule has 0 saturated heterocycles. The Hall–Kier alpha value is -1.10. The predicted octanol–water partition coefficient (Wildman–Crippen LogP) is 1.24. The second kappa shape index (κ2) is 9.88. The number of hydrogen-bond acceptors (Lipinski definition) is 3. The molecule has 1 atom stereocenters. The van der Waals surface area contributed by atoms with E-state index in [2.05, 4.69) is 24.5 Å². The summed E-state index contributed by atoms with van der Waals surface area (Å²) in [5, 5.41) is 14.7. The van der Waals surface area contributed by atoms with E-state index in [4.69, 9.17) is 5.11 Å². The van der Waals surface area contributed by atoms with Crippen molar-refractivity contribution in [2.24, 2.45) is 11.8 Å². The number of carboxylic acid groups (broad SMARTS) is 1. The number of carbonyl (C=O) groups is 2. The van der Waals surface area contributed by atoms with Crippen molar-refractivity contribution in [2.45, 2.75) is 40.0 Å². The van der Waals surface area contributed by atoms with Gasteiger partial charge in [-0.3, -0.25) is 9.59 Å². The molecular weight excluding hydrogens is 232 g/mol. The maximum Gasteiger partial charge on any atom is 0.303 e. The first-order chi connectivity index (χ1) is 8.45. The summed E-state index contributed by atoms with van der Waals surface area (Å²) < 4.78 is 0.